The number of hydrogen-bond acceptors (Lipinski definition) is 5. The van der Waals surface area contributed by atoms with E-state index in [-0.39, 0.29) is 0 Å². The van der Waals surface area contributed by atoms with Crippen LogP contribution in [0.15, 0.2) is 0 Å². The molecule has 0 amide bonds. The molecular formula is C18H38O4SSi. The average Bonchev–Trinajstić information content (AvgIpc) is 2.55. The van der Waals surface area contributed by atoms with E-state index in [1.165, 1.54) is 38.5 Å². The number of Topliss-reactive ketones (excluding diaryl/α,β-unsaturated/α-hetero) is 1. The van der Waals surface area contributed by atoms with Crippen LogP contribution in [-0.2, 0) is 18.1 Å². The van der Waals surface area contributed by atoms with Gasteiger partial charge in [-0.3, -0.25) is 4.79 Å². The quantitative estimate of drug-likeness (QED) is 0.237. The number of ketones is 1. The van der Waals surface area contributed by atoms with Gasteiger partial charge in [0.15, 0.2) is 0 Å². The van der Waals surface area contributed by atoms with Gasteiger partial charge < -0.3 is 13.3 Å². The van der Waals surface area contributed by atoms with Gasteiger partial charge in [-0.15, -0.1) is 0 Å². The van der Waals surface area contributed by atoms with Crippen LogP contribution < -0.4 is 0 Å². The molecule has 0 aliphatic carbocycles. The van der Waals surface area contributed by atoms with Gasteiger partial charge >= 0.3 is 7.95 Å². The first-order valence-corrected chi connectivity index (χ1v) is 13.1. The maximum absolute atomic E-state index is 12.0. The molecule has 0 unspecified atom stereocenters. The van der Waals surface area contributed by atoms with Gasteiger partial charge in [-0.05, 0) is 27.2 Å². The van der Waals surface area contributed by atoms with E-state index in [0.717, 1.165) is 12.2 Å². The largest absolute Gasteiger partial charge is 0.573 e. The van der Waals surface area contributed by atoms with E-state index < -0.39 is 7.95 Å². The van der Waals surface area contributed by atoms with Crippen molar-refractivity contribution in [2.75, 3.05) is 25.6 Å². The monoisotopic (exact) mass is 378 g/mol. The summed E-state index contributed by atoms with van der Waals surface area (Å²) in [5, 5.41) is 0. The molecule has 0 spiro atoms. The fraction of sp³-hybridized carbons (Fsp3) is 0.944. The Bertz CT molecular complexity index is 286. The lowest BCUT2D eigenvalue weighted by Crippen LogP contribution is -2.43. The summed E-state index contributed by atoms with van der Waals surface area (Å²) in [6.45, 7) is 9.81. The van der Waals surface area contributed by atoms with E-state index in [9.17, 15) is 4.79 Å². The molecule has 0 aromatic heterocycles. The van der Waals surface area contributed by atoms with E-state index in [1.807, 2.05) is 20.8 Å². The van der Waals surface area contributed by atoms with Crippen LogP contribution in [0.4, 0.5) is 0 Å². The van der Waals surface area contributed by atoms with Crippen molar-refractivity contribution in [1.29, 1.82) is 0 Å². The van der Waals surface area contributed by atoms with Crippen LogP contribution in [0.1, 0.15) is 85.5 Å². The van der Waals surface area contributed by atoms with Gasteiger partial charge in [-0.2, -0.15) is 0 Å². The summed E-state index contributed by atoms with van der Waals surface area (Å²) in [6, 6.07) is 0. The van der Waals surface area contributed by atoms with Crippen LogP contribution in [0, 0.1) is 0 Å². The molecule has 0 aliphatic rings. The zero-order chi connectivity index (χ0) is 18.1. The molecular weight excluding hydrogens is 340 g/mol. The van der Waals surface area contributed by atoms with Crippen molar-refractivity contribution in [3.63, 3.8) is 0 Å². The van der Waals surface area contributed by atoms with Crippen LogP contribution >= 0.6 is 11.2 Å². The highest BCUT2D eigenvalue weighted by Crippen LogP contribution is 2.26. The first-order chi connectivity index (χ1) is 11.6. The summed E-state index contributed by atoms with van der Waals surface area (Å²) in [5.74, 6) is 1.07. The van der Waals surface area contributed by atoms with Gasteiger partial charge in [0, 0.05) is 38.4 Å². The lowest BCUT2D eigenvalue weighted by Gasteiger charge is -2.27. The molecule has 144 valence electrons. The SMILES string of the molecule is CCCCCCCCCC(=O)CCS[Si](OCC)(OCC)OCC. The normalized spacial score (nSPS) is 11.8. The Balaban J connectivity index is 3.89. The standard InChI is InChI=1S/C18H38O4SSi/c1-5-9-10-11-12-13-14-15-18(19)16-17-23-24(20-6-2,21-7-3)22-8-4/h5-17H2,1-4H3. The van der Waals surface area contributed by atoms with Gasteiger partial charge in [0.1, 0.15) is 5.78 Å². The minimum atomic E-state index is -2.65. The highest BCUT2D eigenvalue weighted by atomic mass is 32.4. The summed E-state index contributed by atoms with van der Waals surface area (Å²) >= 11 is 1.58. The van der Waals surface area contributed by atoms with Crippen molar-refractivity contribution in [2.45, 2.75) is 85.5 Å². The van der Waals surface area contributed by atoms with Crippen LogP contribution in [-0.4, -0.2) is 39.3 Å². The van der Waals surface area contributed by atoms with Crippen molar-refractivity contribution < 1.29 is 18.1 Å². The number of unbranched alkanes of at least 4 members (excludes halogenated alkanes) is 6. The number of rotatable bonds is 18. The van der Waals surface area contributed by atoms with Crippen LogP contribution in [0.5, 0.6) is 0 Å². The molecule has 0 aliphatic heterocycles. The Labute approximate surface area is 154 Å². The van der Waals surface area contributed by atoms with Gasteiger partial charge in [0.25, 0.3) is 0 Å². The van der Waals surface area contributed by atoms with Crippen molar-refractivity contribution in [2.24, 2.45) is 0 Å². The fourth-order valence-electron chi connectivity index (χ4n) is 2.47. The Kier molecular flexibility index (Phi) is 16.7. The van der Waals surface area contributed by atoms with Crippen molar-refractivity contribution in [3.8, 4) is 0 Å². The molecule has 0 saturated heterocycles. The summed E-state index contributed by atoms with van der Waals surface area (Å²) < 4.78 is 17.4. The predicted molar refractivity (Wildman–Crippen MR) is 105 cm³/mol. The van der Waals surface area contributed by atoms with Gasteiger partial charge in [0.05, 0.1) is 0 Å². The third-order valence-electron chi connectivity index (χ3n) is 3.68. The summed E-state index contributed by atoms with van der Waals surface area (Å²) in [7, 11) is -2.65. The van der Waals surface area contributed by atoms with Crippen molar-refractivity contribution in [3.05, 3.63) is 0 Å². The molecule has 0 aromatic rings. The van der Waals surface area contributed by atoms with E-state index in [1.54, 1.807) is 11.2 Å². The molecule has 0 aromatic carbocycles. The Morgan fingerprint density at radius 2 is 1.25 bits per heavy atom. The smallest absolute Gasteiger partial charge is 0.366 e. The molecule has 0 atom stereocenters. The second-order valence-corrected chi connectivity index (χ2v) is 10.7. The predicted octanol–water partition coefficient (Wildman–Crippen LogP) is 5.36. The number of hydrogen-bond donors (Lipinski definition) is 0. The third-order valence-corrected chi connectivity index (χ3v) is 9.10. The molecule has 0 fully saturated rings. The zero-order valence-electron chi connectivity index (χ0n) is 16.2. The lowest BCUT2D eigenvalue weighted by atomic mass is 10.1. The van der Waals surface area contributed by atoms with E-state index in [4.69, 9.17) is 13.3 Å². The van der Waals surface area contributed by atoms with E-state index >= 15 is 0 Å². The highest BCUT2D eigenvalue weighted by molar-refractivity contribution is 8.26. The first kappa shape index (κ1) is 24.1. The molecule has 0 rings (SSSR count). The van der Waals surface area contributed by atoms with Gasteiger partial charge in [-0.1, -0.05) is 56.7 Å². The summed E-state index contributed by atoms with van der Waals surface area (Å²) in [5.41, 5.74) is 0. The minimum absolute atomic E-state index is 0.350. The topological polar surface area (TPSA) is 44.8 Å². The lowest BCUT2D eigenvalue weighted by molar-refractivity contribution is -0.118. The van der Waals surface area contributed by atoms with Crippen LogP contribution in [0.3, 0.4) is 0 Å². The van der Waals surface area contributed by atoms with Crippen LogP contribution in [0.25, 0.3) is 0 Å². The van der Waals surface area contributed by atoms with E-state index in [2.05, 4.69) is 6.92 Å². The highest BCUT2D eigenvalue weighted by Gasteiger charge is 2.41. The maximum Gasteiger partial charge on any atom is 0.573 e. The Hall–Kier alpha value is 0.117. The van der Waals surface area contributed by atoms with Crippen LogP contribution in [0.2, 0.25) is 0 Å². The van der Waals surface area contributed by atoms with Gasteiger partial charge in [0.2, 0.25) is 0 Å². The molecule has 24 heavy (non-hydrogen) atoms. The zero-order valence-corrected chi connectivity index (χ0v) is 18.1. The second kappa shape index (κ2) is 16.6. The number of carbonyl (C=O) groups is 1. The Morgan fingerprint density at radius 3 is 1.75 bits per heavy atom. The molecule has 0 saturated carbocycles. The molecule has 0 heterocycles. The molecule has 6 heteroatoms. The second-order valence-electron chi connectivity index (χ2n) is 5.81. The number of carbonyl (C=O) groups excluding carboxylic acids is 1. The van der Waals surface area contributed by atoms with E-state index in [0.29, 0.717) is 38.4 Å². The summed E-state index contributed by atoms with van der Waals surface area (Å²) in [6.07, 6.45) is 10.0. The molecule has 0 radical (unpaired) electrons. The third kappa shape index (κ3) is 12.5. The maximum atomic E-state index is 12.0. The minimum Gasteiger partial charge on any atom is -0.366 e. The average molecular weight is 379 g/mol. The molecule has 4 nitrogen and oxygen atoms in total. The summed E-state index contributed by atoms with van der Waals surface area (Å²) in [4.78, 5) is 12.0. The first-order valence-electron chi connectivity index (χ1n) is 9.71. The van der Waals surface area contributed by atoms with Gasteiger partial charge in [-0.25, -0.2) is 0 Å². The van der Waals surface area contributed by atoms with Crippen molar-refractivity contribution >= 4 is 24.9 Å². The van der Waals surface area contributed by atoms with Crippen molar-refractivity contribution in [1.82, 2.24) is 0 Å². The molecule has 0 bridgehead atoms. The molecule has 0 N–H and O–H groups in total. The Morgan fingerprint density at radius 1 is 0.750 bits per heavy atom. The fourth-order valence-corrected chi connectivity index (χ4v) is 7.48.